The molecule has 0 amide bonds. The summed E-state index contributed by atoms with van der Waals surface area (Å²) in [5.74, 6) is 0. The van der Waals surface area contributed by atoms with E-state index < -0.39 is 0 Å². The van der Waals surface area contributed by atoms with Crippen LogP contribution in [0.15, 0.2) is 0 Å². The molecule has 1 N–H and O–H groups in total. The Morgan fingerprint density at radius 1 is 0.700 bits per heavy atom. The summed E-state index contributed by atoms with van der Waals surface area (Å²) in [5, 5.41) is 3.48. The first-order valence-electron chi connectivity index (χ1n) is 8.68. The Labute approximate surface area is 147 Å². The van der Waals surface area contributed by atoms with Gasteiger partial charge in [0.1, 0.15) is 0 Å². The van der Waals surface area contributed by atoms with Crippen molar-refractivity contribution in [3.8, 4) is 0 Å². The van der Waals surface area contributed by atoms with Gasteiger partial charge in [0.15, 0.2) is 0 Å². The third-order valence-electron chi connectivity index (χ3n) is 3.75. The van der Waals surface area contributed by atoms with Crippen LogP contribution in [0.5, 0.6) is 0 Å². The minimum Gasteiger partial charge on any atom is -0.305 e. The number of unbranched alkanes of at least 4 members (excludes halogenated alkanes) is 11. The number of halogens is 2. The summed E-state index contributed by atoms with van der Waals surface area (Å²) in [5.41, 5.74) is 0. The van der Waals surface area contributed by atoms with Crippen LogP contribution >= 0.6 is 32.9 Å². The van der Waals surface area contributed by atoms with Crippen LogP contribution in [0.1, 0.15) is 97.3 Å². The van der Waals surface area contributed by atoms with Crippen LogP contribution in [-0.2, 0) is 0 Å². The molecule has 0 bridgehead atoms. The summed E-state index contributed by atoms with van der Waals surface area (Å²) in [6.07, 6.45) is 18.3. The molecule has 0 heterocycles. The predicted octanol–water partition coefficient (Wildman–Crippen LogP) is 6.99. The minimum absolute atomic E-state index is 0. The largest absolute Gasteiger partial charge is 0.305 e. The second-order valence-corrected chi connectivity index (χ2v) is 6.82. The van der Waals surface area contributed by atoms with Gasteiger partial charge in [0, 0.05) is 0 Å². The maximum absolute atomic E-state index is 3.60. The molecule has 0 aliphatic heterocycles. The highest BCUT2D eigenvalue weighted by Gasteiger charge is 1.97. The number of hydrogen-bond donors (Lipinski definition) is 1. The van der Waals surface area contributed by atoms with Crippen LogP contribution in [0.25, 0.3) is 0 Å². The Kier molecular flexibility index (Phi) is 23.1. The summed E-state index contributed by atoms with van der Waals surface area (Å²) >= 11 is 3.60. The summed E-state index contributed by atoms with van der Waals surface area (Å²) in [7, 11) is 0. The first-order valence-corrected chi connectivity index (χ1v) is 9.60. The van der Waals surface area contributed by atoms with Crippen molar-refractivity contribution in [3.05, 3.63) is 0 Å². The molecule has 124 valence electrons. The van der Waals surface area contributed by atoms with Crippen molar-refractivity contribution in [1.29, 1.82) is 0 Å². The summed E-state index contributed by atoms with van der Waals surface area (Å²) in [4.78, 5) is 0.514. The maximum atomic E-state index is 3.60. The first kappa shape index (κ1) is 23.2. The molecule has 1 atom stereocenters. The second-order valence-electron chi connectivity index (χ2n) is 5.72. The molecule has 0 radical (unpaired) electrons. The fourth-order valence-electron chi connectivity index (χ4n) is 2.37. The van der Waals surface area contributed by atoms with Gasteiger partial charge in [-0.15, -0.1) is 17.0 Å². The van der Waals surface area contributed by atoms with E-state index in [0.29, 0.717) is 4.95 Å². The van der Waals surface area contributed by atoms with E-state index in [1.54, 1.807) is 0 Å². The molecule has 0 aliphatic carbocycles. The highest BCUT2D eigenvalue weighted by molar-refractivity contribution is 9.09. The van der Waals surface area contributed by atoms with Crippen molar-refractivity contribution in [2.45, 2.75) is 102 Å². The van der Waals surface area contributed by atoms with Gasteiger partial charge in [-0.05, 0) is 19.4 Å². The van der Waals surface area contributed by atoms with Crippen LogP contribution in [0, 0.1) is 0 Å². The Hall–Kier alpha value is 0.920. The summed E-state index contributed by atoms with van der Waals surface area (Å²) < 4.78 is 0. The zero-order valence-corrected chi connectivity index (χ0v) is 17.1. The average Bonchev–Trinajstić information content (AvgIpc) is 2.43. The fraction of sp³-hybridized carbons (Fsp3) is 1.00. The van der Waals surface area contributed by atoms with Crippen molar-refractivity contribution in [1.82, 2.24) is 5.32 Å². The standard InChI is InChI=1S/C17H36BrN.BrH/c1-3-5-6-7-8-9-10-11-12-13-14-15-16-19-17(18)4-2;/h17,19H,3-16H2,1-2H3;1H. The molecule has 0 fully saturated rings. The molecule has 0 spiro atoms. The zero-order valence-electron chi connectivity index (χ0n) is 13.8. The lowest BCUT2D eigenvalue weighted by Crippen LogP contribution is -2.23. The summed E-state index contributed by atoms with van der Waals surface area (Å²) in [6, 6.07) is 0. The molecule has 3 heteroatoms. The van der Waals surface area contributed by atoms with Crippen LogP contribution in [0.2, 0.25) is 0 Å². The minimum atomic E-state index is 0. The van der Waals surface area contributed by atoms with Crippen LogP contribution in [-0.4, -0.2) is 11.5 Å². The Morgan fingerprint density at radius 2 is 1.10 bits per heavy atom. The SMILES string of the molecule is Br.CCCCCCCCCCCCCCNC(Br)CC. The highest BCUT2D eigenvalue weighted by atomic mass is 79.9. The Balaban J connectivity index is 0. The number of alkyl halides is 1. The molecule has 0 aromatic carbocycles. The van der Waals surface area contributed by atoms with Crippen molar-refractivity contribution >= 4 is 32.9 Å². The van der Waals surface area contributed by atoms with E-state index in [-0.39, 0.29) is 17.0 Å². The molecular formula is C17H37Br2N. The van der Waals surface area contributed by atoms with E-state index >= 15 is 0 Å². The lowest BCUT2D eigenvalue weighted by molar-refractivity contribution is 0.532. The predicted molar refractivity (Wildman–Crippen MR) is 102 cm³/mol. The van der Waals surface area contributed by atoms with E-state index in [9.17, 15) is 0 Å². The molecular weight excluding hydrogens is 378 g/mol. The van der Waals surface area contributed by atoms with Crippen molar-refractivity contribution in [3.63, 3.8) is 0 Å². The first-order chi connectivity index (χ1) is 9.31. The van der Waals surface area contributed by atoms with E-state index in [2.05, 4.69) is 35.1 Å². The molecule has 1 nitrogen and oxygen atoms in total. The Bertz CT molecular complexity index is 165. The van der Waals surface area contributed by atoms with Gasteiger partial charge >= 0.3 is 0 Å². The van der Waals surface area contributed by atoms with Crippen molar-refractivity contribution in [2.75, 3.05) is 6.54 Å². The van der Waals surface area contributed by atoms with Crippen molar-refractivity contribution < 1.29 is 0 Å². The molecule has 0 aliphatic rings. The fourth-order valence-corrected chi connectivity index (χ4v) is 2.60. The molecule has 0 rings (SSSR count). The van der Waals surface area contributed by atoms with Gasteiger partial charge in [-0.25, -0.2) is 0 Å². The highest BCUT2D eigenvalue weighted by Crippen LogP contribution is 2.11. The average molecular weight is 415 g/mol. The van der Waals surface area contributed by atoms with Gasteiger partial charge in [-0.2, -0.15) is 0 Å². The third-order valence-corrected chi connectivity index (χ3v) is 4.73. The smallest absolute Gasteiger partial charge is 0.0628 e. The normalized spacial score (nSPS) is 12.2. The topological polar surface area (TPSA) is 12.0 Å². The van der Waals surface area contributed by atoms with Gasteiger partial charge in [-0.3, -0.25) is 0 Å². The van der Waals surface area contributed by atoms with Gasteiger partial charge < -0.3 is 5.32 Å². The van der Waals surface area contributed by atoms with Crippen molar-refractivity contribution in [2.24, 2.45) is 0 Å². The molecule has 0 aromatic rings. The van der Waals surface area contributed by atoms with Gasteiger partial charge in [0.25, 0.3) is 0 Å². The lowest BCUT2D eigenvalue weighted by atomic mass is 10.1. The monoisotopic (exact) mass is 413 g/mol. The van der Waals surface area contributed by atoms with E-state index in [1.807, 2.05) is 0 Å². The van der Waals surface area contributed by atoms with Gasteiger partial charge in [0.05, 0.1) is 4.95 Å². The number of hydrogen-bond acceptors (Lipinski definition) is 1. The maximum Gasteiger partial charge on any atom is 0.0628 e. The molecule has 20 heavy (non-hydrogen) atoms. The van der Waals surface area contributed by atoms with Crippen LogP contribution < -0.4 is 5.32 Å². The number of nitrogens with one attached hydrogen (secondary N) is 1. The molecule has 0 aromatic heterocycles. The zero-order chi connectivity index (χ0) is 14.2. The summed E-state index contributed by atoms with van der Waals surface area (Å²) in [6.45, 7) is 5.66. The van der Waals surface area contributed by atoms with Crippen LogP contribution in [0.4, 0.5) is 0 Å². The second kappa shape index (κ2) is 19.9. The quantitative estimate of drug-likeness (QED) is 0.173. The molecule has 1 unspecified atom stereocenters. The van der Waals surface area contributed by atoms with Crippen LogP contribution in [0.3, 0.4) is 0 Å². The lowest BCUT2D eigenvalue weighted by Gasteiger charge is -2.09. The van der Waals surface area contributed by atoms with Gasteiger partial charge in [0.2, 0.25) is 0 Å². The Morgan fingerprint density at radius 3 is 1.50 bits per heavy atom. The van der Waals surface area contributed by atoms with E-state index in [1.165, 1.54) is 83.6 Å². The molecule has 0 saturated carbocycles. The third kappa shape index (κ3) is 18.9. The van der Waals surface area contributed by atoms with E-state index in [0.717, 1.165) is 6.42 Å². The van der Waals surface area contributed by atoms with Gasteiger partial charge in [-0.1, -0.05) is 100 Å². The molecule has 0 saturated heterocycles. The van der Waals surface area contributed by atoms with E-state index in [4.69, 9.17) is 0 Å². The number of rotatable bonds is 15.